The molecule has 3 N–H and O–H groups in total. The zero-order valence-electron chi connectivity index (χ0n) is 22.3. The van der Waals surface area contributed by atoms with Crippen molar-refractivity contribution in [2.45, 2.75) is 58.5 Å². The number of ether oxygens (including phenoxy) is 1. The number of nitrogens with zero attached hydrogens (tertiary/aromatic N) is 3. The van der Waals surface area contributed by atoms with E-state index in [2.05, 4.69) is 5.10 Å². The van der Waals surface area contributed by atoms with Crippen LogP contribution in [-0.4, -0.2) is 62.7 Å². The van der Waals surface area contributed by atoms with Gasteiger partial charge in [0.2, 0.25) is 0 Å². The van der Waals surface area contributed by atoms with Gasteiger partial charge in [0.25, 0.3) is 5.56 Å². The highest BCUT2D eigenvalue weighted by molar-refractivity contribution is 7.91. The van der Waals surface area contributed by atoms with Crippen molar-refractivity contribution in [3.05, 3.63) is 68.4 Å². The third kappa shape index (κ3) is 5.65. The van der Waals surface area contributed by atoms with Gasteiger partial charge in [-0.15, -0.1) is 0 Å². The third-order valence-corrected chi connectivity index (χ3v) is 9.17. The van der Waals surface area contributed by atoms with Gasteiger partial charge in [-0.1, -0.05) is 6.07 Å². The predicted molar refractivity (Wildman–Crippen MR) is 143 cm³/mol. The van der Waals surface area contributed by atoms with Crippen LogP contribution in [0, 0.1) is 20.8 Å². The van der Waals surface area contributed by atoms with Crippen molar-refractivity contribution < 1.29 is 33.3 Å². The van der Waals surface area contributed by atoms with Crippen molar-refractivity contribution in [2.24, 2.45) is 0 Å². The number of rotatable bonds is 8. The first kappa shape index (κ1) is 28.2. The summed E-state index contributed by atoms with van der Waals surface area (Å²) in [4.78, 5) is 26.4. The van der Waals surface area contributed by atoms with E-state index in [-0.39, 0.29) is 53.3 Å². The molecular weight excluding hydrogens is 526 g/mol. The first-order valence-electron chi connectivity index (χ1n) is 12.6. The summed E-state index contributed by atoms with van der Waals surface area (Å²) in [5.74, 6) is -2.21. The van der Waals surface area contributed by atoms with Gasteiger partial charge >= 0.3 is 5.97 Å². The minimum Gasteiger partial charge on any atom is -0.507 e. The molecule has 0 spiro atoms. The van der Waals surface area contributed by atoms with Crippen LogP contribution in [-0.2, 0) is 32.3 Å². The Kier molecular flexibility index (Phi) is 7.78. The molecule has 12 heteroatoms. The molecule has 0 unspecified atom stereocenters. The molecule has 1 aliphatic heterocycles. The van der Waals surface area contributed by atoms with Crippen LogP contribution in [0.4, 0.5) is 0 Å². The Balaban J connectivity index is 1.79. The number of hydrogen-bond donors (Lipinski definition) is 3. The van der Waals surface area contributed by atoms with Crippen LogP contribution in [0.1, 0.15) is 58.6 Å². The number of carbonyl (C=O) groups is 1. The number of phenolic OH excluding ortho intramolecular Hbond substituents is 2. The van der Waals surface area contributed by atoms with Crippen molar-refractivity contribution in [1.82, 2.24) is 14.3 Å². The smallest absolute Gasteiger partial charge is 0.306 e. The van der Waals surface area contributed by atoms with E-state index in [4.69, 9.17) is 4.74 Å². The Morgan fingerprint density at radius 3 is 2.44 bits per heavy atom. The number of aryl methyl sites for hydroxylation is 3. The third-order valence-electron chi connectivity index (χ3n) is 7.42. The van der Waals surface area contributed by atoms with E-state index in [0.717, 1.165) is 0 Å². The van der Waals surface area contributed by atoms with Crippen LogP contribution in [0.5, 0.6) is 17.2 Å². The zero-order chi connectivity index (χ0) is 28.6. The number of methoxy groups -OCH3 is 1. The monoisotopic (exact) mass is 559 g/mol. The van der Waals surface area contributed by atoms with Crippen molar-refractivity contribution in [3.8, 4) is 17.2 Å². The molecule has 210 valence electrons. The molecule has 0 aliphatic carbocycles. The summed E-state index contributed by atoms with van der Waals surface area (Å²) in [7, 11) is -1.93. The number of esters is 1. The molecule has 1 saturated heterocycles. The van der Waals surface area contributed by atoms with Crippen LogP contribution < -0.4 is 5.56 Å². The Bertz CT molecular complexity index is 1590. The lowest BCUT2D eigenvalue weighted by Crippen LogP contribution is -2.29. The summed E-state index contributed by atoms with van der Waals surface area (Å²) in [5.41, 5.74) is 2.43. The van der Waals surface area contributed by atoms with E-state index in [1.165, 1.54) is 29.9 Å². The Labute approximate surface area is 226 Å². The van der Waals surface area contributed by atoms with E-state index >= 15 is 0 Å². The first-order chi connectivity index (χ1) is 18.3. The quantitative estimate of drug-likeness (QED) is 0.278. The highest BCUT2D eigenvalue weighted by atomic mass is 32.2. The van der Waals surface area contributed by atoms with E-state index in [0.29, 0.717) is 41.1 Å². The lowest BCUT2D eigenvalue weighted by molar-refractivity contribution is -0.140. The molecule has 2 aromatic heterocycles. The van der Waals surface area contributed by atoms with Crippen LogP contribution in [0.15, 0.2) is 29.1 Å². The lowest BCUT2D eigenvalue weighted by Gasteiger charge is -2.21. The molecule has 0 radical (unpaired) electrons. The van der Waals surface area contributed by atoms with E-state index in [1.807, 2.05) is 0 Å². The molecule has 2 atom stereocenters. The fourth-order valence-corrected chi connectivity index (χ4v) is 7.13. The van der Waals surface area contributed by atoms with E-state index < -0.39 is 27.3 Å². The summed E-state index contributed by atoms with van der Waals surface area (Å²) in [6.07, 6.45) is 0.540. The van der Waals surface area contributed by atoms with Gasteiger partial charge in [-0.05, 0) is 57.4 Å². The first-order valence-corrected chi connectivity index (χ1v) is 14.4. The normalized spacial score (nSPS) is 17.3. The van der Waals surface area contributed by atoms with Crippen LogP contribution >= 0.6 is 0 Å². The van der Waals surface area contributed by atoms with Gasteiger partial charge in [0.1, 0.15) is 5.75 Å². The fourth-order valence-electron chi connectivity index (χ4n) is 5.44. The number of sulfone groups is 1. The molecule has 1 aliphatic rings. The summed E-state index contributed by atoms with van der Waals surface area (Å²) < 4.78 is 32.3. The van der Waals surface area contributed by atoms with Gasteiger partial charge in [0.05, 0.1) is 42.3 Å². The molecule has 0 bridgehead atoms. The number of phenols is 2. The van der Waals surface area contributed by atoms with Gasteiger partial charge in [0.15, 0.2) is 21.3 Å². The molecule has 1 fully saturated rings. The second-order valence-electron chi connectivity index (χ2n) is 10.0. The van der Waals surface area contributed by atoms with Crippen LogP contribution in [0.3, 0.4) is 0 Å². The maximum atomic E-state index is 13.9. The van der Waals surface area contributed by atoms with E-state index in [9.17, 15) is 33.3 Å². The minimum absolute atomic E-state index is 0.0179. The van der Waals surface area contributed by atoms with Crippen molar-refractivity contribution in [2.75, 3.05) is 18.6 Å². The number of aromatic nitrogens is 3. The molecule has 39 heavy (non-hydrogen) atoms. The number of benzene rings is 1. The summed E-state index contributed by atoms with van der Waals surface area (Å²) >= 11 is 0. The fraction of sp³-hybridized carbons (Fsp3) is 0.444. The standard InChI is InChI=1S/C27H33N3O8S/c1-15-11-23(33)26(27(35)29(15)9-7-18-5-6-21(31)22(32)12-18)20(13-24(34)38-4)25-16(2)28-30(17(25)3)19-8-10-39(36,37)14-19/h5-6,11-12,19-20,31-33H,7-10,13-14H2,1-4H3/t19-,20-/m0/s1. The molecule has 3 aromatic rings. The van der Waals surface area contributed by atoms with Crippen molar-refractivity contribution >= 4 is 15.8 Å². The summed E-state index contributed by atoms with van der Waals surface area (Å²) in [5, 5.41) is 35.0. The number of pyridine rings is 1. The van der Waals surface area contributed by atoms with E-state index in [1.54, 1.807) is 31.5 Å². The predicted octanol–water partition coefficient (Wildman–Crippen LogP) is 2.38. The van der Waals surface area contributed by atoms with Crippen molar-refractivity contribution in [1.29, 1.82) is 0 Å². The number of hydrogen-bond acceptors (Lipinski definition) is 9. The maximum Gasteiger partial charge on any atom is 0.306 e. The average Bonchev–Trinajstić information content (AvgIpc) is 3.37. The average molecular weight is 560 g/mol. The molecular formula is C27H33N3O8S. The number of carbonyl (C=O) groups excluding carboxylic acids is 1. The zero-order valence-corrected chi connectivity index (χ0v) is 23.2. The maximum absolute atomic E-state index is 13.9. The molecule has 0 saturated carbocycles. The van der Waals surface area contributed by atoms with Crippen LogP contribution in [0.25, 0.3) is 0 Å². The highest BCUT2D eigenvalue weighted by Gasteiger charge is 2.35. The summed E-state index contributed by atoms with van der Waals surface area (Å²) in [6.45, 7) is 5.40. The second-order valence-corrected chi connectivity index (χ2v) is 12.3. The minimum atomic E-state index is -3.18. The lowest BCUT2D eigenvalue weighted by atomic mass is 9.87. The Morgan fingerprint density at radius 1 is 1.10 bits per heavy atom. The molecule has 11 nitrogen and oxygen atoms in total. The largest absolute Gasteiger partial charge is 0.507 e. The Morgan fingerprint density at radius 2 is 1.82 bits per heavy atom. The molecule has 1 aromatic carbocycles. The van der Waals surface area contributed by atoms with Gasteiger partial charge < -0.3 is 24.6 Å². The molecule has 3 heterocycles. The van der Waals surface area contributed by atoms with Gasteiger partial charge in [-0.2, -0.15) is 5.10 Å². The topological polar surface area (TPSA) is 161 Å². The Hall–Kier alpha value is -3.80. The molecule has 0 amide bonds. The van der Waals surface area contributed by atoms with Crippen LogP contribution in [0.2, 0.25) is 0 Å². The van der Waals surface area contributed by atoms with Gasteiger partial charge in [-0.25, -0.2) is 8.42 Å². The van der Waals surface area contributed by atoms with Crippen molar-refractivity contribution in [3.63, 3.8) is 0 Å². The number of aromatic hydroxyl groups is 3. The van der Waals surface area contributed by atoms with Gasteiger partial charge in [-0.3, -0.25) is 14.3 Å². The summed E-state index contributed by atoms with van der Waals surface area (Å²) in [6, 6.07) is 5.54. The highest BCUT2D eigenvalue weighted by Crippen LogP contribution is 2.38. The molecule has 4 rings (SSSR count). The van der Waals surface area contributed by atoms with Gasteiger partial charge in [0, 0.05) is 29.4 Å². The second kappa shape index (κ2) is 10.8. The SMILES string of the molecule is COC(=O)C[C@@H](c1c(C)nn([C@H]2CCS(=O)(=O)C2)c1C)c1c(O)cc(C)n(CCc2ccc(O)c(O)c2)c1=O.